The number of nitrogens with one attached hydrogen (secondary N) is 1. The molecule has 0 amide bonds. The minimum absolute atomic E-state index is 0.0289. The predicted molar refractivity (Wildman–Crippen MR) is 80.2 cm³/mol. The Bertz CT molecular complexity index is 694. The van der Waals surface area contributed by atoms with Crippen molar-refractivity contribution in [2.24, 2.45) is 5.92 Å². The lowest BCUT2D eigenvalue weighted by atomic mass is 10.0. The number of benzene rings is 1. The summed E-state index contributed by atoms with van der Waals surface area (Å²) in [5.41, 5.74) is -1.09. The minimum atomic E-state index is -3.88. The number of alkyl halides is 1. The van der Waals surface area contributed by atoms with Crippen molar-refractivity contribution in [2.75, 3.05) is 6.54 Å². The normalized spacial score (nSPS) is 25.3. The van der Waals surface area contributed by atoms with Crippen LogP contribution >= 0.6 is 11.6 Å². The first kappa shape index (κ1) is 17.2. The van der Waals surface area contributed by atoms with Crippen molar-refractivity contribution >= 4 is 27.6 Å². The SMILES string of the molecule is Cc1ccc(S(=O)(=O)NC[C@@]2(F)CC[C@H](C(=O)O)C2)cc1Cl. The fourth-order valence-electron chi connectivity index (χ4n) is 2.50. The number of carboxylic acids is 1. The average Bonchev–Trinajstić information content (AvgIpc) is 2.83. The van der Waals surface area contributed by atoms with Gasteiger partial charge in [-0.3, -0.25) is 4.79 Å². The minimum Gasteiger partial charge on any atom is -0.481 e. The summed E-state index contributed by atoms with van der Waals surface area (Å²) in [4.78, 5) is 10.8. The van der Waals surface area contributed by atoms with Gasteiger partial charge in [-0.1, -0.05) is 17.7 Å². The number of sulfonamides is 1. The third kappa shape index (κ3) is 3.77. The Morgan fingerprint density at radius 3 is 2.77 bits per heavy atom. The molecule has 2 atom stereocenters. The lowest BCUT2D eigenvalue weighted by Crippen LogP contribution is -2.38. The van der Waals surface area contributed by atoms with Crippen molar-refractivity contribution in [3.63, 3.8) is 0 Å². The van der Waals surface area contributed by atoms with Crippen molar-refractivity contribution in [2.45, 2.75) is 36.8 Å². The summed E-state index contributed by atoms with van der Waals surface area (Å²) < 4.78 is 41.0. The van der Waals surface area contributed by atoms with Crippen molar-refractivity contribution in [1.29, 1.82) is 0 Å². The molecule has 0 aliphatic heterocycles. The monoisotopic (exact) mass is 349 g/mol. The van der Waals surface area contributed by atoms with E-state index in [0.29, 0.717) is 5.02 Å². The van der Waals surface area contributed by atoms with Crippen LogP contribution in [0.1, 0.15) is 24.8 Å². The molecule has 0 spiro atoms. The first-order valence-corrected chi connectivity index (χ1v) is 8.67. The maximum atomic E-state index is 14.5. The number of hydrogen-bond donors (Lipinski definition) is 2. The second-order valence-corrected chi connectivity index (χ2v) is 7.84. The number of aliphatic carboxylic acids is 1. The first-order valence-electron chi connectivity index (χ1n) is 6.80. The van der Waals surface area contributed by atoms with Gasteiger partial charge in [0.25, 0.3) is 0 Å². The molecule has 1 fully saturated rings. The highest BCUT2D eigenvalue weighted by Gasteiger charge is 2.43. The summed E-state index contributed by atoms with van der Waals surface area (Å²) in [5, 5.41) is 9.20. The lowest BCUT2D eigenvalue weighted by Gasteiger charge is -2.20. The molecular formula is C14H17ClFNO4S. The lowest BCUT2D eigenvalue weighted by molar-refractivity contribution is -0.141. The van der Waals surface area contributed by atoms with E-state index in [0.717, 1.165) is 5.56 Å². The number of carbonyl (C=O) groups is 1. The number of aryl methyl sites for hydroxylation is 1. The summed E-state index contributed by atoms with van der Waals surface area (Å²) in [6.45, 7) is 1.30. The molecule has 0 bridgehead atoms. The Morgan fingerprint density at radius 1 is 1.55 bits per heavy atom. The van der Waals surface area contributed by atoms with Gasteiger partial charge in [0.05, 0.1) is 10.8 Å². The fourth-order valence-corrected chi connectivity index (χ4v) is 3.88. The van der Waals surface area contributed by atoms with Crippen molar-refractivity contribution in [3.8, 4) is 0 Å². The Hall–Kier alpha value is -1.18. The van der Waals surface area contributed by atoms with Crippen molar-refractivity contribution < 1.29 is 22.7 Å². The summed E-state index contributed by atoms with van der Waals surface area (Å²) in [5.74, 6) is -1.81. The van der Waals surface area contributed by atoms with Gasteiger partial charge in [0, 0.05) is 11.6 Å². The zero-order valence-electron chi connectivity index (χ0n) is 12.0. The van der Waals surface area contributed by atoms with Gasteiger partial charge in [0.1, 0.15) is 5.67 Å². The van der Waals surface area contributed by atoms with Gasteiger partial charge in [-0.05, 0) is 43.9 Å². The fraction of sp³-hybridized carbons (Fsp3) is 0.500. The molecule has 1 saturated carbocycles. The molecule has 0 radical (unpaired) electrons. The standard InChI is InChI=1S/C14H17ClFNO4S/c1-9-2-3-11(6-12(9)15)22(20,21)17-8-14(16)5-4-10(7-14)13(18)19/h2-3,6,10,17H,4-5,7-8H2,1H3,(H,18,19)/t10-,14+/m0/s1. The van der Waals surface area contributed by atoms with Gasteiger partial charge in [0.15, 0.2) is 0 Å². The Labute approximate surface area is 133 Å². The highest BCUT2D eigenvalue weighted by Crippen LogP contribution is 2.37. The maximum absolute atomic E-state index is 14.5. The van der Waals surface area contributed by atoms with Gasteiger partial charge < -0.3 is 5.11 Å². The third-order valence-electron chi connectivity index (χ3n) is 3.93. The predicted octanol–water partition coefficient (Wildman–Crippen LogP) is 2.52. The van der Waals surface area contributed by atoms with Crippen LogP contribution in [0.5, 0.6) is 0 Å². The molecule has 22 heavy (non-hydrogen) atoms. The molecule has 1 aromatic rings. The molecule has 1 aliphatic carbocycles. The summed E-state index contributed by atoms with van der Waals surface area (Å²) in [6.07, 6.45) is 0.0601. The van der Waals surface area contributed by atoms with Crippen LogP contribution in [0, 0.1) is 12.8 Å². The largest absolute Gasteiger partial charge is 0.481 e. The molecule has 0 unspecified atom stereocenters. The van der Waals surface area contributed by atoms with Gasteiger partial charge in [-0.2, -0.15) is 0 Å². The average molecular weight is 350 g/mol. The number of hydrogen-bond acceptors (Lipinski definition) is 3. The topological polar surface area (TPSA) is 83.5 Å². The highest BCUT2D eigenvalue weighted by molar-refractivity contribution is 7.89. The number of carboxylic acid groups (broad SMARTS) is 1. The third-order valence-corrected chi connectivity index (χ3v) is 5.74. The van der Waals surface area contributed by atoms with Crippen LogP contribution in [0.15, 0.2) is 23.1 Å². The van der Waals surface area contributed by atoms with Gasteiger partial charge in [-0.15, -0.1) is 0 Å². The van der Waals surface area contributed by atoms with Gasteiger partial charge >= 0.3 is 5.97 Å². The van der Waals surface area contributed by atoms with Gasteiger partial charge in [-0.25, -0.2) is 17.5 Å². The first-order chi connectivity index (χ1) is 10.1. The van der Waals surface area contributed by atoms with Crippen molar-refractivity contribution in [3.05, 3.63) is 28.8 Å². The summed E-state index contributed by atoms with van der Waals surface area (Å²) >= 11 is 5.90. The van der Waals surface area contributed by atoms with E-state index in [9.17, 15) is 17.6 Å². The summed E-state index contributed by atoms with van der Waals surface area (Å²) in [6, 6.07) is 4.26. The molecule has 0 aromatic heterocycles. The van der Waals surface area contributed by atoms with E-state index in [2.05, 4.69) is 4.72 Å². The molecule has 0 heterocycles. The van der Waals surface area contributed by atoms with Crippen LogP contribution in [0.25, 0.3) is 0 Å². The second kappa shape index (κ2) is 6.14. The van der Waals surface area contributed by atoms with E-state index >= 15 is 0 Å². The summed E-state index contributed by atoms with van der Waals surface area (Å²) in [7, 11) is -3.88. The Morgan fingerprint density at radius 2 is 2.23 bits per heavy atom. The van der Waals surface area contributed by atoms with E-state index in [1.54, 1.807) is 13.0 Å². The molecule has 1 aromatic carbocycles. The van der Waals surface area contributed by atoms with Crippen LogP contribution < -0.4 is 4.72 Å². The Balaban J connectivity index is 2.07. The van der Waals surface area contributed by atoms with Crippen LogP contribution in [0.3, 0.4) is 0 Å². The van der Waals surface area contributed by atoms with Crippen molar-refractivity contribution in [1.82, 2.24) is 4.72 Å². The highest BCUT2D eigenvalue weighted by atomic mass is 35.5. The molecular weight excluding hydrogens is 333 g/mol. The molecule has 8 heteroatoms. The Kier molecular flexibility index (Phi) is 4.79. The van der Waals surface area contributed by atoms with Crippen LogP contribution in [-0.2, 0) is 14.8 Å². The second-order valence-electron chi connectivity index (χ2n) is 5.66. The van der Waals surface area contributed by atoms with E-state index in [-0.39, 0.29) is 24.2 Å². The molecule has 2 N–H and O–H groups in total. The quantitative estimate of drug-likeness (QED) is 0.855. The van der Waals surface area contributed by atoms with E-state index in [4.69, 9.17) is 16.7 Å². The van der Waals surface area contributed by atoms with E-state index < -0.39 is 34.1 Å². The van der Waals surface area contributed by atoms with E-state index in [1.807, 2.05) is 0 Å². The number of rotatable bonds is 5. The zero-order valence-corrected chi connectivity index (χ0v) is 13.5. The van der Waals surface area contributed by atoms with Crippen LogP contribution in [-0.4, -0.2) is 31.7 Å². The molecule has 1 aliphatic rings. The van der Waals surface area contributed by atoms with Gasteiger partial charge in [0.2, 0.25) is 10.0 Å². The van der Waals surface area contributed by atoms with E-state index in [1.165, 1.54) is 12.1 Å². The smallest absolute Gasteiger partial charge is 0.306 e. The number of halogens is 2. The zero-order chi connectivity index (χ0) is 16.5. The molecule has 5 nitrogen and oxygen atoms in total. The molecule has 0 saturated heterocycles. The maximum Gasteiger partial charge on any atom is 0.306 e. The van der Waals surface area contributed by atoms with Crippen LogP contribution in [0.2, 0.25) is 5.02 Å². The van der Waals surface area contributed by atoms with Crippen LogP contribution in [0.4, 0.5) is 4.39 Å². The molecule has 122 valence electrons. The molecule has 2 rings (SSSR count).